The first kappa shape index (κ1) is 12.5. The number of nitrogens with zero attached hydrogens (tertiary/aromatic N) is 3. The summed E-state index contributed by atoms with van der Waals surface area (Å²) in [6, 6.07) is 2.73. The lowest BCUT2D eigenvalue weighted by Crippen LogP contribution is -2.45. The lowest BCUT2D eigenvalue weighted by atomic mass is 10.00. The molecule has 4 N–H and O–H groups in total. The van der Waals surface area contributed by atoms with Gasteiger partial charge in [0.15, 0.2) is 0 Å². The van der Waals surface area contributed by atoms with Crippen molar-refractivity contribution in [2.75, 3.05) is 22.5 Å². The fourth-order valence-corrected chi connectivity index (χ4v) is 3.38. The molecule has 19 heavy (non-hydrogen) atoms. The number of hydrogen-bond acceptors (Lipinski definition) is 6. The molecule has 6 nitrogen and oxygen atoms in total. The molecule has 2 unspecified atom stereocenters. The Bertz CT molecular complexity index is 452. The molecule has 0 saturated carbocycles. The van der Waals surface area contributed by atoms with E-state index in [9.17, 15) is 5.11 Å². The zero-order chi connectivity index (χ0) is 13.4. The molecule has 2 bridgehead atoms. The number of nitrogen functional groups attached to an aromatic ring is 1. The predicted molar refractivity (Wildman–Crippen MR) is 75.1 cm³/mol. The van der Waals surface area contributed by atoms with Gasteiger partial charge >= 0.3 is 0 Å². The summed E-state index contributed by atoms with van der Waals surface area (Å²) in [6.45, 7) is 2.83. The van der Waals surface area contributed by atoms with Gasteiger partial charge in [0.05, 0.1) is 6.10 Å². The summed E-state index contributed by atoms with van der Waals surface area (Å²) in [5, 5.41) is 13.0. The first-order chi connectivity index (χ1) is 9.17. The number of rotatable bonds is 3. The minimum absolute atomic E-state index is 0.166. The second-order valence-electron chi connectivity index (χ2n) is 5.42. The highest BCUT2D eigenvalue weighted by Gasteiger charge is 2.41. The highest BCUT2D eigenvalue weighted by atomic mass is 16.3. The Morgan fingerprint density at radius 3 is 2.68 bits per heavy atom. The van der Waals surface area contributed by atoms with Crippen molar-refractivity contribution >= 4 is 17.6 Å². The Hall–Kier alpha value is -1.56. The molecule has 0 aliphatic carbocycles. The van der Waals surface area contributed by atoms with Gasteiger partial charge < -0.3 is 21.1 Å². The maximum absolute atomic E-state index is 9.85. The van der Waals surface area contributed by atoms with Crippen molar-refractivity contribution < 1.29 is 5.11 Å². The molecule has 2 atom stereocenters. The maximum Gasteiger partial charge on any atom is 0.223 e. The number of anilines is 3. The third kappa shape index (κ3) is 2.32. The maximum atomic E-state index is 9.85. The van der Waals surface area contributed by atoms with Crippen molar-refractivity contribution in [3.05, 3.63) is 6.07 Å². The summed E-state index contributed by atoms with van der Waals surface area (Å²) in [5.74, 6) is 1.97. The van der Waals surface area contributed by atoms with Gasteiger partial charge in [-0.15, -0.1) is 0 Å². The first-order valence-corrected chi connectivity index (χ1v) is 7.02. The summed E-state index contributed by atoms with van der Waals surface area (Å²) in [4.78, 5) is 10.9. The third-order valence-corrected chi connectivity index (χ3v) is 4.06. The van der Waals surface area contributed by atoms with Crippen molar-refractivity contribution in [3.63, 3.8) is 0 Å². The topological polar surface area (TPSA) is 87.3 Å². The van der Waals surface area contributed by atoms with Crippen LogP contribution in [-0.4, -0.2) is 39.8 Å². The molecule has 0 spiro atoms. The number of fused-ring (bicyclic) bond motifs is 2. The van der Waals surface area contributed by atoms with E-state index in [0.717, 1.165) is 43.9 Å². The zero-order valence-electron chi connectivity index (χ0n) is 11.2. The SMILES string of the molecule is CCNc1cc(N2C3CCC2CC(O)C3)nc(N)n1. The molecule has 0 amide bonds. The molecule has 0 radical (unpaired) electrons. The highest BCUT2D eigenvalue weighted by molar-refractivity contribution is 5.54. The largest absolute Gasteiger partial charge is 0.393 e. The lowest BCUT2D eigenvalue weighted by Gasteiger charge is -2.38. The Balaban J connectivity index is 1.90. The number of aliphatic hydroxyl groups is 1. The molecule has 0 aromatic carbocycles. The first-order valence-electron chi connectivity index (χ1n) is 7.02. The van der Waals surface area contributed by atoms with Crippen LogP contribution < -0.4 is 16.0 Å². The Morgan fingerprint density at radius 1 is 1.37 bits per heavy atom. The fraction of sp³-hybridized carbons (Fsp3) is 0.692. The van der Waals surface area contributed by atoms with Gasteiger partial charge in [0, 0.05) is 24.7 Å². The van der Waals surface area contributed by atoms with Gasteiger partial charge in [-0.3, -0.25) is 0 Å². The number of nitrogens with two attached hydrogens (primary N) is 1. The smallest absolute Gasteiger partial charge is 0.223 e. The van der Waals surface area contributed by atoms with Crippen LogP contribution in [0.5, 0.6) is 0 Å². The van der Waals surface area contributed by atoms with Crippen LogP contribution in [0.25, 0.3) is 0 Å². The Labute approximate surface area is 113 Å². The van der Waals surface area contributed by atoms with E-state index < -0.39 is 0 Å². The van der Waals surface area contributed by atoms with Gasteiger partial charge in [-0.05, 0) is 32.6 Å². The van der Waals surface area contributed by atoms with E-state index in [1.54, 1.807) is 0 Å². The van der Waals surface area contributed by atoms with E-state index >= 15 is 0 Å². The van der Waals surface area contributed by atoms with Crippen molar-refractivity contribution in [3.8, 4) is 0 Å². The monoisotopic (exact) mass is 263 g/mol. The minimum atomic E-state index is -0.166. The summed E-state index contributed by atoms with van der Waals surface area (Å²) in [6.07, 6.45) is 3.75. The molecule has 3 rings (SSSR count). The van der Waals surface area contributed by atoms with Crippen LogP contribution in [0.4, 0.5) is 17.6 Å². The molecule has 2 aliphatic heterocycles. The summed E-state index contributed by atoms with van der Waals surface area (Å²) in [7, 11) is 0. The van der Waals surface area contributed by atoms with Crippen LogP contribution in [0.15, 0.2) is 6.07 Å². The standard InChI is InChI=1S/C13H21N5O/c1-2-15-11-7-12(17-13(14)16-11)18-8-3-4-9(18)6-10(19)5-8/h7-10,19H,2-6H2,1H3,(H3,14,15,16,17). The van der Waals surface area contributed by atoms with Crippen LogP contribution >= 0.6 is 0 Å². The van der Waals surface area contributed by atoms with Crippen LogP contribution in [0.1, 0.15) is 32.6 Å². The molecule has 2 fully saturated rings. The number of piperidine rings is 1. The average Bonchev–Trinajstić information content (AvgIpc) is 2.61. The molecule has 2 saturated heterocycles. The van der Waals surface area contributed by atoms with Crippen LogP contribution in [0.3, 0.4) is 0 Å². The van der Waals surface area contributed by atoms with Crippen LogP contribution in [0, 0.1) is 0 Å². The second-order valence-corrected chi connectivity index (χ2v) is 5.42. The van der Waals surface area contributed by atoms with Crippen molar-refractivity contribution in [2.24, 2.45) is 0 Å². The van der Waals surface area contributed by atoms with Gasteiger partial charge in [0.1, 0.15) is 11.6 Å². The molecule has 6 heteroatoms. The average molecular weight is 263 g/mol. The summed E-state index contributed by atoms with van der Waals surface area (Å²) >= 11 is 0. The lowest BCUT2D eigenvalue weighted by molar-refractivity contribution is 0.126. The van der Waals surface area contributed by atoms with Crippen molar-refractivity contribution in [1.29, 1.82) is 0 Å². The molecular formula is C13H21N5O. The van der Waals surface area contributed by atoms with Gasteiger partial charge in [-0.2, -0.15) is 9.97 Å². The zero-order valence-corrected chi connectivity index (χ0v) is 11.2. The molecular weight excluding hydrogens is 242 g/mol. The Kier molecular flexibility index (Phi) is 3.18. The van der Waals surface area contributed by atoms with E-state index in [-0.39, 0.29) is 6.10 Å². The quantitative estimate of drug-likeness (QED) is 0.753. The van der Waals surface area contributed by atoms with Crippen molar-refractivity contribution in [1.82, 2.24) is 9.97 Å². The van der Waals surface area contributed by atoms with Crippen molar-refractivity contribution in [2.45, 2.75) is 50.8 Å². The Morgan fingerprint density at radius 2 is 2.05 bits per heavy atom. The van der Waals surface area contributed by atoms with E-state index in [1.807, 2.05) is 13.0 Å². The van der Waals surface area contributed by atoms with Crippen LogP contribution in [-0.2, 0) is 0 Å². The number of hydrogen-bond donors (Lipinski definition) is 3. The summed E-state index contributed by atoms with van der Waals surface area (Å²) < 4.78 is 0. The highest BCUT2D eigenvalue weighted by Crippen LogP contribution is 2.39. The number of aromatic nitrogens is 2. The van der Waals surface area contributed by atoms with E-state index in [1.165, 1.54) is 0 Å². The summed E-state index contributed by atoms with van der Waals surface area (Å²) in [5.41, 5.74) is 5.80. The number of aliphatic hydroxyl groups excluding tert-OH is 1. The molecule has 104 valence electrons. The van der Waals surface area contributed by atoms with E-state index in [0.29, 0.717) is 18.0 Å². The van der Waals surface area contributed by atoms with Gasteiger partial charge in [0.25, 0.3) is 0 Å². The third-order valence-electron chi connectivity index (χ3n) is 4.06. The minimum Gasteiger partial charge on any atom is -0.393 e. The second kappa shape index (κ2) is 4.85. The van der Waals surface area contributed by atoms with Gasteiger partial charge in [0.2, 0.25) is 5.95 Å². The van der Waals surface area contributed by atoms with Gasteiger partial charge in [-0.25, -0.2) is 0 Å². The molecule has 1 aromatic rings. The molecule has 3 heterocycles. The number of nitrogens with one attached hydrogen (secondary N) is 1. The van der Waals surface area contributed by atoms with E-state index in [2.05, 4.69) is 20.2 Å². The van der Waals surface area contributed by atoms with E-state index in [4.69, 9.17) is 5.73 Å². The molecule has 1 aromatic heterocycles. The fourth-order valence-electron chi connectivity index (χ4n) is 3.38. The molecule has 2 aliphatic rings. The normalized spacial score (nSPS) is 29.6. The van der Waals surface area contributed by atoms with Crippen LogP contribution in [0.2, 0.25) is 0 Å². The van der Waals surface area contributed by atoms with Gasteiger partial charge in [-0.1, -0.05) is 0 Å². The predicted octanol–water partition coefficient (Wildman–Crippen LogP) is 0.983.